The lowest BCUT2D eigenvalue weighted by molar-refractivity contribution is 0.0467. The highest BCUT2D eigenvalue weighted by Crippen LogP contribution is 2.46. The molecule has 0 unspecified atom stereocenters. The lowest BCUT2D eigenvalue weighted by Crippen LogP contribution is -2.42. The number of carboxylic acids is 1. The molecule has 4 N–H and O–H groups in total. The zero-order valence-corrected chi connectivity index (χ0v) is 21.0. The summed E-state index contributed by atoms with van der Waals surface area (Å²) in [5.74, 6) is -0.251. The fourth-order valence-corrected chi connectivity index (χ4v) is 5.14. The molecule has 0 bridgehead atoms. The summed E-state index contributed by atoms with van der Waals surface area (Å²) >= 11 is 0. The quantitative estimate of drug-likeness (QED) is 0.580. The fraction of sp³-hybridized carbons (Fsp3) is 0.538. The third-order valence-electron chi connectivity index (χ3n) is 6.60. The first-order valence-corrected chi connectivity index (χ1v) is 12.0. The molecule has 0 aliphatic heterocycles. The minimum atomic E-state index is -1.03. The Morgan fingerprint density at radius 3 is 2.46 bits per heavy atom. The van der Waals surface area contributed by atoms with E-state index in [0.29, 0.717) is 42.1 Å². The van der Waals surface area contributed by atoms with Crippen LogP contribution in [0.4, 0.5) is 10.6 Å². The lowest BCUT2D eigenvalue weighted by atomic mass is 9.70. The van der Waals surface area contributed by atoms with E-state index in [1.165, 1.54) is 6.33 Å². The topological polar surface area (TPSA) is 137 Å². The van der Waals surface area contributed by atoms with Gasteiger partial charge in [-0.3, -0.25) is 0 Å². The molecule has 35 heavy (non-hydrogen) atoms. The molecule has 1 saturated carbocycles. The second kappa shape index (κ2) is 9.02. The molecule has 1 aromatic heterocycles. The second-order valence-electron chi connectivity index (χ2n) is 11.1. The first kappa shape index (κ1) is 24.8. The smallest absolute Gasteiger partial charge is 0.407 e. The zero-order valence-electron chi connectivity index (χ0n) is 21.0. The molecule has 9 nitrogen and oxygen atoms in total. The predicted octanol–water partition coefficient (Wildman–Crippen LogP) is 4.47. The Hall–Kier alpha value is -3.36. The van der Waals surface area contributed by atoms with Crippen LogP contribution in [0.5, 0.6) is 5.75 Å². The summed E-state index contributed by atoms with van der Waals surface area (Å²) in [7, 11) is 0. The number of aromatic nitrogens is 2. The van der Waals surface area contributed by atoms with Crippen LogP contribution in [0, 0.1) is 0 Å². The third kappa shape index (κ3) is 5.18. The van der Waals surface area contributed by atoms with Crippen LogP contribution in [0.1, 0.15) is 81.8 Å². The molecule has 0 atom stereocenters. The monoisotopic (exact) mass is 482 g/mol. The standard InChI is InChI=1S/C26H34N4O5/c1-25(2,3)35-24(33)30-14-6-8-15(9-7-14)34-18-11-10-16-17(19(18)23(31)32)12-26(4,5)20-21(16)28-13-29-22(20)27/h10-11,13-15H,6-9,12H2,1-5H3,(H,30,33)(H,31,32)(H2,27,28,29)/t14-,15-. The normalized spacial score (nSPS) is 20.8. The largest absolute Gasteiger partial charge is 0.490 e. The number of nitrogens with two attached hydrogens (primary N) is 1. The van der Waals surface area contributed by atoms with Gasteiger partial charge in [-0.05, 0) is 76.0 Å². The maximum absolute atomic E-state index is 12.4. The SMILES string of the molecule is CC(C)(C)OC(=O)N[C@H]1CC[C@H](Oc2ccc3c(c2C(=O)O)CC(C)(C)c2c(N)ncnc2-3)CC1. The highest BCUT2D eigenvalue weighted by atomic mass is 16.6. The molecule has 188 valence electrons. The average molecular weight is 483 g/mol. The number of benzene rings is 1. The summed E-state index contributed by atoms with van der Waals surface area (Å²) in [5.41, 5.74) is 8.34. The van der Waals surface area contributed by atoms with Crippen molar-refractivity contribution < 1.29 is 24.2 Å². The van der Waals surface area contributed by atoms with Crippen molar-refractivity contribution in [1.29, 1.82) is 0 Å². The predicted molar refractivity (Wildman–Crippen MR) is 132 cm³/mol. The van der Waals surface area contributed by atoms with Gasteiger partial charge in [0, 0.05) is 17.2 Å². The van der Waals surface area contributed by atoms with Crippen molar-refractivity contribution in [3.8, 4) is 17.0 Å². The van der Waals surface area contributed by atoms with Gasteiger partial charge in [0.25, 0.3) is 0 Å². The third-order valence-corrected chi connectivity index (χ3v) is 6.60. The number of nitrogens with one attached hydrogen (secondary N) is 1. The molecular weight excluding hydrogens is 448 g/mol. The second-order valence-corrected chi connectivity index (χ2v) is 11.1. The molecule has 1 heterocycles. The maximum atomic E-state index is 12.4. The number of alkyl carbamates (subject to hydrolysis) is 1. The van der Waals surface area contributed by atoms with Crippen LogP contribution in [0.3, 0.4) is 0 Å². The van der Waals surface area contributed by atoms with E-state index in [-0.39, 0.29) is 17.7 Å². The number of nitrogen functional groups attached to an aromatic ring is 1. The van der Waals surface area contributed by atoms with Crippen molar-refractivity contribution in [2.45, 2.75) is 89.9 Å². The fourth-order valence-electron chi connectivity index (χ4n) is 5.14. The summed E-state index contributed by atoms with van der Waals surface area (Å²) < 4.78 is 11.6. The van der Waals surface area contributed by atoms with E-state index < -0.39 is 23.1 Å². The Morgan fingerprint density at radius 2 is 1.83 bits per heavy atom. The Bertz CT molecular complexity index is 1150. The maximum Gasteiger partial charge on any atom is 0.407 e. The van der Waals surface area contributed by atoms with Crippen molar-refractivity contribution in [2.24, 2.45) is 0 Å². The molecule has 0 spiro atoms. The van der Waals surface area contributed by atoms with E-state index in [0.717, 1.165) is 24.0 Å². The lowest BCUT2D eigenvalue weighted by Gasteiger charge is -2.35. The number of amides is 1. The molecule has 1 fully saturated rings. The van der Waals surface area contributed by atoms with Gasteiger partial charge >= 0.3 is 12.1 Å². The van der Waals surface area contributed by atoms with E-state index in [2.05, 4.69) is 15.3 Å². The minimum absolute atomic E-state index is 0.00891. The number of carboxylic acid groups (broad SMARTS) is 1. The summed E-state index contributed by atoms with van der Waals surface area (Å²) in [6.07, 6.45) is 4.21. The highest BCUT2D eigenvalue weighted by Gasteiger charge is 2.38. The van der Waals surface area contributed by atoms with Gasteiger partial charge in [-0.1, -0.05) is 13.8 Å². The summed E-state index contributed by atoms with van der Waals surface area (Å²) in [4.78, 5) is 33.1. The van der Waals surface area contributed by atoms with Crippen LogP contribution < -0.4 is 15.8 Å². The number of carbonyl (C=O) groups is 2. The number of hydrogen-bond donors (Lipinski definition) is 3. The van der Waals surface area contributed by atoms with Crippen LogP contribution in [0.25, 0.3) is 11.3 Å². The van der Waals surface area contributed by atoms with E-state index in [9.17, 15) is 14.7 Å². The van der Waals surface area contributed by atoms with Crippen molar-refractivity contribution in [2.75, 3.05) is 5.73 Å². The van der Waals surface area contributed by atoms with Gasteiger partial charge in [0.2, 0.25) is 0 Å². The molecule has 9 heteroatoms. The van der Waals surface area contributed by atoms with E-state index in [1.807, 2.05) is 40.7 Å². The molecule has 1 aromatic carbocycles. The van der Waals surface area contributed by atoms with Gasteiger partial charge in [-0.25, -0.2) is 19.6 Å². The van der Waals surface area contributed by atoms with Gasteiger partial charge in [-0.2, -0.15) is 0 Å². The number of anilines is 1. The Labute approximate surface area is 205 Å². The summed E-state index contributed by atoms with van der Waals surface area (Å²) in [6.45, 7) is 9.53. The van der Waals surface area contributed by atoms with Crippen LogP contribution in [-0.2, 0) is 16.6 Å². The Kier molecular flexibility index (Phi) is 6.38. The first-order valence-electron chi connectivity index (χ1n) is 12.0. The number of hydrogen-bond acceptors (Lipinski definition) is 7. The van der Waals surface area contributed by atoms with Gasteiger partial charge in [-0.15, -0.1) is 0 Å². The Balaban J connectivity index is 1.53. The van der Waals surface area contributed by atoms with Crippen molar-refractivity contribution in [1.82, 2.24) is 15.3 Å². The van der Waals surface area contributed by atoms with Crippen LogP contribution in [0.15, 0.2) is 18.5 Å². The number of carbonyl (C=O) groups excluding carboxylic acids is 1. The molecule has 2 aliphatic rings. The molecule has 0 radical (unpaired) electrons. The number of ether oxygens (including phenoxy) is 2. The molecular formula is C26H34N4O5. The molecule has 0 saturated heterocycles. The van der Waals surface area contributed by atoms with Gasteiger partial charge < -0.3 is 25.6 Å². The minimum Gasteiger partial charge on any atom is -0.490 e. The van der Waals surface area contributed by atoms with Crippen molar-refractivity contribution in [3.63, 3.8) is 0 Å². The van der Waals surface area contributed by atoms with Crippen molar-refractivity contribution >= 4 is 17.9 Å². The van der Waals surface area contributed by atoms with Gasteiger partial charge in [0.15, 0.2) is 0 Å². The first-order chi connectivity index (χ1) is 16.4. The molecule has 2 aliphatic carbocycles. The highest BCUT2D eigenvalue weighted by molar-refractivity contribution is 5.96. The number of aromatic carboxylic acids is 1. The van der Waals surface area contributed by atoms with Crippen molar-refractivity contribution in [3.05, 3.63) is 35.2 Å². The van der Waals surface area contributed by atoms with E-state index >= 15 is 0 Å². The molecule has 4 rings (SSSR count). The summed E-state index contributed by atoms with van der Waals surface area (Å²) in [5, 5.41) is 13.1. The molecule has 2 aromatic rings. The van der Waals surface area contributed by atoms with Crippen LogP contribution >= 0.6 is 0 Å². The number of rotatable bonds is 4. The number of fused-ring (bicyclic) bond motifs is 3. The van der Waals surface area contributed by atoms with Gasteiger partial charge in [0.05, 0.1) is 11.8 Å². The number of nitrogens with zero attached hydrogens (tertiary/aromatic N) is 2. The summed E-state index contributed by atoms with van der Waals surface area (Å²) in [6, 6.07) is 3.59. The van der Waals surface area contributed by atoms with Crippen LogP contribution in [-0.4, -0.2) is 44.9 Å². The molecule has 1 amide bonds. The van der Waals surface area contributed by atoms with E-state index in [4.69, 9.17) is 15.2 Å². The average Bonchev–Trinajstić information content (AvgIpc) is 2.72. The van der Waals surface area contributed by atoms with Gasteiger partial charge in [0.1, 0.15) is 29.1 Å². The Morgan fingerprint density at radius 1 is 1.14 bits per heavy atom. The zero-order chi connectivity index (χ0) is 25.5. The van der Waals surface area contributed by atoms with E-state index in [1.54, 1.807) is 6.07 Å². The van der Waals surface area contributed by atoms with Crippen LogP contribution in [0.2, 0.25) is 0 Å².